The second-order valence-electron chi connectivity index (χ2n) is 3.48. The van der Waals surface area contributed by atoms with E-state index < -0.39 is 0 Å². The first kappa shape index (κ1) is 13.5. The Hall–Kier alpha value is -0.900. The van der Waals surface area contributed by atoms with Gasteiger partial charge in [0, 0.05) is 13.3 Å². The zero-order valence-corrected chi connectivity index (χ0v) is 13.3. The first-order valence-electron chi connectivity index (χ1n) is 4.97. The van der Waals surface area contributed by atoms with Crippen LogP contribution in [0.25, 0.3) is 0 Å². The van der Waals surface area contributed by atoms with Crippen LogP contribution in [-0.4, -0.2) is 16.0 Å². The number of rotatable bonds is 2. The van der Waals surface area contributed by atoms with Gasteiger partial charge < -0.3 is 10.4 Å². The van der Waals surface area contributed by atoms with Gasteiger partial charge in [-0.15, -0.1) is 0 Å². The van der Waals surface area contributed by atoms with Gasteiger partial charge in [0.15, 0.2) is 0 Å². The van der Waals surface area contributed by atoms with Crippen molar-refractivity contribution in [3.63, 3.8) is 0 Å². The zero-order valence-electron chi connectivity index (χ0n) is 9.02. The molecule has 0 unspecified atom stereocenters. The molecule has 92 valence electrons. The van der Waals surface area contributed by atoms with Crippen LogP contribution in [0.1, 0.15) is 10.4 Å². The van der Waals surface area contributed by atoms with Crippen LogP contribution in [0.5, 0.6) is 5.75 Å². The third-order valence-electron chi connectivity index (χ3n) is 2.17. The van der Waals surface area contributed by atoms with Crippen molar-refractivity contribution in [2.45, 2.75) is 0 Å². The Morgan fingerprint density at radius 1 is 1.17 bits per heavy atom. The maximum atomic E-state index is 12.0. The average Bonchev–Trinajstić information content (AvgIpc) is 2.35. The minimum Gasteiger partial charge on any atom is -0.507 e. The molecule has 0 bridgehead atoms. The molecule has 0 saturated heterocycles. The number of phenolic OH excluding ortho intramolecular Hbond substituents is 1. The van der Waals surface area contributed by atoms with Crippen LogP contribution < -0.4 is 5.32 Å². The van der Waals surface area contributed by atoms with E-state index in [4.69, 9.17) is 0 Å². The summed E-state index contributed by atoms with van der Waals surface area (Å²) in [6.45, 7) is 0. The van der Waals surface area contributed by atoms with Crippen molar-refractivity contribution in [2.24, 2.45) is 0 Å². The van der Waals surface area contributed by atoms with Crippen molar-refractivity contribution >= 4 is 56.9 Å². The third-order valence-corrected chi connectivity index (χ3v) is 3.48. The quantitative estimate of drug-likeness (QED) is 0.669. The van der Waals surface area contributed by atoms with Gasteiger partial charge in [0.05, 0.1) is 5.56 Å². The van der Waals surface area contributed by atoms with E-state index in [-0.39, 0.29) is 17.2 Å². The molecule has 0 fully saturated rings. The predicted octanol–water partition coefficient (Wildman–Crippen LogP) is 3.25. The number of benzene rings is 1. The van der Waals surface area contributed by atoms with E-state index in [1.165, 1.54) is 6.07 Å². The fourth-order valence-electron chi connectivity index (χ4n) is 1.32. The van der Waals surface area contributed by atoms with Crippen molar-refractivity contribution in [3.05, 3.63) is 49.2 Å². The van der Waals surface area contributed by atoms with Crippen LogP contribution in [0.4, 0.5) is 5.82 Å². The number of pyridine rings is 1. The molecule has 1 aromatic heterocycles. The van der Waals surface area contributed by atoms with Gasteiger partial charge in [-0.3, -0.25) is 4.79 Å². The van der Waals surface area contributed by atoms with Crippen LogP contribution in [0.15, 0.2) is 36.5 Å². The maximum absolute atomic E-state index is 12.0. The molecule has 0 saturated carbocycles. The molecular formula is C12H8I2N2O2. The van der Waals surface area contributed by atoms with E-state index in [1.807, 2.05) is 6.07 Å². The summed E-state index contributed by atoms with van der Waals surface area (Å²) in [6, 6.07) is 8.41. The largest absolute Gasteiger partial charge is 0.507 e. The van der Waals surface area contributed by atoms with Crippen molar-refractivity contribution in [1.29, 1.82) is 0 Å². The Kier molecular flexibility index (Phi) is 4.38. The molecule has 2 aromatic rings. The molecule has 1 amide bonds. The Balaban J connectivity index is 2.21. The molecule has 18 heavy (non-hydrogen) atoms. The lowest BCUT2D eigenvalue weighted by Crippen LogP contribution is -2.13. The monoisotopic (exact) mass is 466 g/mol. The molecule has 2 rings (SSSR count). The van der Waals surface area contributed by atoms with E-state index in [0.29, 0.717) is 5.82 Å². The van der Waals surface area contributed by atoms with Gasteiger partial charge in [0.1, 0.15) is 11.6 Å². The zero-order chi connectivity index (χ0) is 13.1. The third kappa shape index (κ3) is 3.31. The number of hydrogen-bond donors (Lipinski definition) is 2. The lowest BCUT2D eigenvalue weighted by Gasteiger charge is -2.06. The van der Waals surface area contributed by atoms with Gasteiger partial charge in [0.2, 0.25) is 0 Å². The second kappa shape index (κ2) is 5.83. The lowest BCUT2D eigenvalue weighted by molar-refractivity contribution is 0.102. The van der Waals surface area contributed by atoms with E-state index in [1.54, 1.807) is 24.4 Å². The molecule has 0 aliphatic carbocycles. The van der Waals surface area contributed by atoms with Crippen LogP contribution in [0.3, 0.4) is 0 Å². The Morgan fingerprint density at radius 2 is 1.89 bits per heavy atom. The number of aromatic nitrogens is 1. The molecule has 4 nitrogen and oxygen atoms in total. The molecule has 0 aliphatic heterocycles. The predicted molar refractivity (Wildman–Crippen MR) is 85.7 cm³/mol. The van der Waals surface area contributed by atoms with Crippen LogP contribution in [-0.2, 0) is 0 Å². The Bertz CT molecular complexity index is 585. The topological polar surface area (TPSA) is 62.2 Å². The molecule has 6 heteroatoms. The molecule has 0 spiro atoms. The maximum Gasteiger partial charge on any atom is 0.260 e. The molecular weight excluding hydrogens is 458 g/mol. The van der Waals surface area contributed by atoms with Gasteiger partial charge in [-0.25, -0.2) is 4.98 Å². The van der Waals surface area contributed by atoms with Gasteiger partial charge in [0.25, 0.3) is 5.91 Å². The number of carbonyl (C=O) groups is 1. The highest BCUT2D eigenvalue weighted by atomic mass is 127. The molecule has 0 atom stereocenters. The van der Waals surface area contributed by atoms with Crippen molar-refractivity contribution in [2.75, 3.05) is 5.32 Å². The van der Waals surface area contributed by atoms with Gasteiger partial charge >= 0.3 is 0 Å². The van der Waals surface area contributed by atoms with Crippen molar-refractivity contribution < 1.29 is 9.90 Å². The number of carbonyl (C=O) groups excluding carboxylic acids is 1. The fourth-order valence-corrected chi connectivity index (χ4v) is 2.13. The lowest BCUT2D eigenvalue weighted by atomic mass is 10.2. The standard InChI is InChI=1S/C12H8I2N2O2/c13-7-1-3-10(17)9(5-7)12(18)16-11-4-2-8(14)6-15-11/h1-6,17H,(H,15,16,18). The number of halogens is 2. The molecule has 1 heterocycles. The number of aromatic hydroxyl groups is 1. The summed E-state index contributed by atoms with van der Waals surface area (Å²) in [5.74, 6) is 0.0387. The molecule has 1 aromatic carbocycles. The van der Waals surface area contributed by atoms with E-state index in [2.05, 4.69) is 55.5 Å². The first-order valence-corrected chi connectivity index (χ1v) is 7.13. The molecule has 0 aliphatic rings. The van der Waals surface area contributed by atoms with Gasteiger partial charge in [-0.05, 0) is 75.5 Å². The Morgan fingerprint density at radius 3 is 2.56 bits per heavy atom. The van der Waals surface area contributed by atoms with E-state index in [0.717, 1.165) is 7.14 Å². The summed E-state index contributed by atoms with van der Waals surface area (Å²) >= 11 is 4.22. The van der Waals surface area contributed by atoms with E-state index in [9.17, 15) is 9.90 Å². The number of hydrogen-bond acceptors (Lipinski definition) is 3. The van der Waals surface area contributed by atoms with Crippen molar-refractivity contribution in [3.8, 4) is 5.75 Å². The van der Waals surface area contributed by atoms with Crippen LogP contribution in [0.2, 0.25) is 0 Å². The number of amides is 1. The normalized spacial score (nSPS) is 10.1. The molecule has 0 radical (unpaired) electrons. The number of phenols is 1. The van der Waals surface area contributed by atoms with Gasteiger partial charge in [-0.1, -0.05) is 0 Å². The fraction of sp³-hybridized carbons (Fsp3) is 0. The first-order chi connectivity index (χ1) is 8.56. The Labute approximate surface area is 131 Å². The summed E-state index contributed by atoms with van der Waals surface area (Å²) in [5, 5.41) is 12.3. The highest BCUT2D eigenvalue weighted by Gasteiger charge is 2.12. The number of nitrogens with zero attached hydrogens (tertiary/aromatic N) is 1. The summed E-state index contributed by atoms with van der Waals surface area (Å²) in [5.41, 5.74) is 0.238. The van der Waals surface area contributed by atoms with Crippen LogP contribution >= 0.6 is 45.2 Å². The second-order valence-corrected chi connectivity index (χ2v) is 5.97. The highest BCUT2D eigenvalue weighted by molar-refractivity contribution is 14.1. The summed E-state index contributed by atoms with van der Waals surface area (Å²) in [4.78, 5) is 16.0. The minimum absolute atomic E-state index is 0.0431. The summed E-state index contributed by atoms with van der Waals surface area (Å²) < 4.78 is 1.87. The van der Waals surface area contributed by atoms with Gasteiger partial charge in [-0.2, -0.15) is 0 Å². The summed E-state index contributed by atoms with van der Waals surface area (Å²) in [7, 11) is 0. The highest BCUT2D eigenvalue weighted by Crippen LogP contribution is 2.20. The SMILES string of the molecule is O=C(Nc1ccc(I)cn1)c1cc(I)ccc1O. The summed E-state index contributed by atoms with van der Waals surface area (Å²) in [6.07, 6.45) is 1.66. The average molecular weight is 466 g/mol. The van der Waals surface area contributed by atoms with E-state index >= 15 is 0 Å². The minimum atomic E-state index is -0.375. The van der Waals surface area contributed by atoms with Crippen molar-refractivity contribution in [1.82, 2.24) is 4.98 Å². The smallest absolute Gasteiger partial charge is 0.260 e. The number of nitrogens with one attached hydrogen (secondary N) is 1. The van der Waals surface area contributed by atoms with Crippen LogP contribution in [0, 0.1) is 7.14 Å². The number of anilines is 1. The molecule has 2 N–H and O–H groups in total.